The van der Waals surface area contributed by atoms with E-state index >= 15 is 0 Å². The number of nitrogens with zero attached hydrogens (tertiary/aromatic N) is 5. The summed E-state index contributed by atoms with van der Waals surface area (Å²) in [6, 6.07) is 12.4. The van der Waals surface area contributed by atoms with Crippen LogP contribution in [0, 0.1) is 18.3 Å². The summed E-state index contributed by atoms with van der Waals surface area (Å²) in [5.41, 5.74) is 1.33. The molecule has 1 aliphatic heterocycles. The first-order chi connectivity index (χ1) is 16.6. The van der Waals surface area contributed by atoms with Crippen LogP contribution in [0.5, 0.6) is 11.5 Å². The highest BCUT2D eigenvalue weighted by Crippen LogP contribution is 2.34. The largest absolute Gasteiger partial charge is 0.456 e. The third-order valence-electron chi connectivity index (χ3n) is 5.50. The zero-order valence-corrected chi connectivity index (χ0v) is 21.2. The highest BCUT2D eigenvalue weighted by molar-refractivity contribution is 7.89. The van der Waals surface area contributed by atoms with E-state index in [1.165, 1.54) is 45.4 Å². The van der Waals surface area contributed by atoms with E-state index < -0.39 is 10.0 Å². The highest BCUT2D eigenvalue weighted by Gasteiger charge is 2.33. The van der Waals surface area contributed by atoms with Gasteiger partial charge in [-0.15, -0.1) is 0 Å². The molecule has 0 bridgehead atoms. The van der Waals surface area contributed by atoms with Crippen molar-refractivity contribution in [1.82, 2.24) is 19.0 Å². The first-order valence-electron chi connectivity index (χ1n) is 10.6. The van der Waals surface area contributed by atoms with E-state index in [1.807, 2.05) is 6.07 Å². The molecular weight excluding hydrogens is 513 g/mol. The number of carbonyl (C=O) groups excluding carboxylic acids is 1. The Balaban J connectivity index is 1.58. The molecule has 12 heteroatoms. The SMILES string of the molecule is Cc1cc(C(=O)N2CCN(S(=O)(=O)c3cc(C#N)ccc3Oc3cc(Cl)cc(Cl)c3)CC2)n(C)n1. The van der Waals surface area contributed by atoms with Gasteiger partial charge in [-0.3, -0.25) is 9.48 Å². The first-order valence-corrected chi connectivity index (χ1v) is 12.8. The van der Waals surface area contributed by atoms with Crippen molar-refractivity contribution >= 4 is 39.1 Å². The minimum Gasteiger partial charge on any atom is -0.456 e. The van der Waals surface area contributed by atoms with Crippen molar-refractivity contribution in [2.24, 2.45) is 7.05 Å². The summed E-state index contributed by atoms with van der Waals surface area (Å²) in [5, 5.41) is 14.2. The van der Waals surface area contributed by atoms with Crippen molar-refractivity contribution in [3.8, 4) is 17.6 Å². The number of hydrogen-bond donors (Lipinski definition) is 0. The van der Waals surface area contributed by atoms with Crippen LogP contribution < -0.4 is 4.74 Å². The second kappa shape index (κ2) is 9.87. The number of piperazine rings is 1. The molecule has 3 aromatic rings. The molecule has 0 unspecified atom stereocenters. The molecule has 9 nitrogen and oxygen atoms in total. The number of amides is 1. The average molecular weight is 534 g/mol. The minimum atomic E-state index is -4.05. The summed E-state index contributed by atoms with van der Waals surface area (Å²) in [5.74, 6) is 0.0789. The fourth-order valence-corrected chi connectivity index (χ4v) is 5.89. The summed E-state index contributed by atoms with van der Waals surface area (Å²) in [7, 11) is -2.36. The maximum atomic E-state index is 13.6. The molecule has 2 aromatic carbocycles. The van der Waals surface area contributed by atoms with Crippen LogP contribution in [0.3, 0.4) is 0 Å². The van der Waals surface area contributed by atoms with Crippen LogP contribution in [0.1, 0.15) is 21.7 Å². The lowest BCUT2D eigenvalue weighted by Crippen LogP contribution is -2.50. The Bertz CT molecular complexity index is 1420. The Kier molecular flexibility index (Phi) is 7.05. The molecule has 35 heavy (non-hydrogen) atoms. The molecule has 0 atom stereocenters. The van der Waals surface area contributed by atoms with Gasteiger partial charge in [0.25, 0.3) is 5.91 Å². The molecule has 0 N–H and O–H groups in total. The highest BCUT2D eigenvalue weighted by atomic mass is 35.5. The van der Waals surface area contributed by atoms with E-state index in [4.69, 9.17) is 27.9 Å². The van der Waals surface area contributed by atoms with Gasteiger partial charge in [0.2, 0.25) is 10.0 Å². The molecule has 182 valence electrons. The number of ether oxygens (including phenoxy) is 1. The van der Waals surface area contributed by atoms with Crippen LogP contribution >= 0.6 is 23.2 Å². The lowest BCUT2D eigenvalue weighted by Gasteiger charge is -2.34. The number of hydrogen-bond acceptors (Lipinski definition) is 6. The van der Waals surface area contributed by atoms with E-state index in [9.17, 15) is 18.5 Å². The third kappa shape index (κ3) is 5.28. The Morgan fingerprint density at radius 2 is 1.71 bits per heavy atom. The molecule has 0 radical (unpaired) electrons. The fraction of sp³-hybridized carbons (Fsp3) is 0.261. The predicted octanol–water partition coefficient (Wildman–Crippen LogP) is 3.85. The molecule has 1 fully saturated rings. The second-order valence-corrected chi connectivity index (χ2v) is 10.8. The number of halogens is 2. The summed E-state index contributed by atoms with van der Waals surface area (Å²) in [6.45, 7) is 2.39. The number of nitriles is 1. The molecule has 0 saturated carbocycles. The monoisotopic (exact) mass is 533 g/mol. The van der Waals surface area contributed by atoms with Gasteiger partial charge in [-0.05, 0) is 49.4 Å². The number of rotatable bonds is 5. The van der Waals surface area contributed by atoms with Crippen LogP contribution in [0.25, 0.3) is 0 Å². The predicted molar refractivity (Wildman–Crippen MR) is 130 cm³/mol. The standard InChI is InChI=1S/C23H21Cl2N5O4S/c1-15-9-20(28(2)27-15)23(31)29-5-7-30(8-6-29)35(32,33)22-10-16(14-26)3-4-21(22)34-19-12-17(24)11-18(25)13-19/h3-4,9-13H,5-8H2,1-2H3. The smallest absolute Gasteiger partial charge is 0.272 e. The van der Waals surface area contributed by atoms with Crippen LogP contribution in [-0.4, -0.2) is 59.5 Å². The quantitative estimate of drug-likeness (QED) is 0.492. The van der Waals surface area contributed by atoms with E-state index in [-0.39, 0.29) is 54.0 Å². The molecule has 1 aliphatic rings. The lowest BCUT2D eigenvalue weighted by atomic mass is 10.2. The molecule has 1 amide bonds. The van der Waals surface area contributed by atoms with Crippen molar-refractivity contribution in [3.05, 3.63) is 69.5 Å². The maximum absolute atomic E-state index is 13.6. The Hall–Kier alpha value is -3.10. The maximum Gasteiger partial charge on any atom is 0.272 e. The zero-order chi connectivity index (χ0) is 25.3. The van der Waals surface area contributed by atoms with Gasteiger partial charge in [0, 0.05) is 43.3 Å². The van der Waals surface area contributed by atoms with Gasteiger partial charge in [-0.1, -0.05) is 23.2 Å². The summed E-state index contributed by atoms with van der Waals surface area (Å²) >= 11 is 12.1. The van der Waals surface area contributed by atoms with Crippen molar-refractivity contribution in [2.75, 3.05) is 26.2 Å². The molecule has 0 aliphatic carbocycles. The second-order valence-electron chi connectivity index (χ2n) is 7.97. The number of sulfonamides is 1. The fourth-order valence-electron chi connectivity index (χ4n) is 3.82. The van der Waals surface area contributed by atoms with E-state index in [0.29, 0.717) is 15.7 Å². The van der Waals surface area contributed by atoms with Crippen LogP contribution in [0.15, 0.2) is 47.4 Å². The van der Waals surface area contributed by atoms with Gasteiger partial charge >= 0.3 is 0 Å². The van der Waals surface area contributed by atoms with Gasteiger partial charge in [0.15, 0.2) is 0 Å². The van der Waals surface area contributed by atoms with Crippen molar-refractivity contribution in [2.45, 2.75) is 11.8 Å². The first kappa shape index (κ1) is 25.0. The Labute approximate surface area is 213 Å². The van der Waals surface area contributed by atoms with Crippen molar-refractivity contribution in [3.63, 3.8) is 0 Å². The van der Waals surface area contributed by atoms with Crippen LogP contribution in [-0.2, 0) is 17.1 Å². The Morgan fingerprint density at radius 1 is 1.06 bits per heavy atom. The lowest BCUT2D eigenvalue weighted by molar-refractivity contribution is 0.0686. The van der Waals surface area contributed by atoms with Gasteiger partial charge in [0.05, 0.1) is 17.3 Å². The third-order valence-corrected chi connectivity index (χ3v) is 7.86. The molecule has 0 spiro atoms. The molecule has 1 saturated heterocycles. The molecule has 2 heterocycles. The number of aromatic nitrogens is 2. The Morgan fingerprint density at radius 3 is 2.29 bits per heavy atom. The topological polar surface area (TPSA) is 109 Å². The van der Waals surface area contributed by atoms with E-state index in [0.717, 1.165) is 5.69 Å². The van der Waals surface area contributed by atoms with Crippen molar-refractivity contribution in [1.29, 1.82) is 5.26 Å². The number of aryl methyl sites for hydroxylation is 2. The van der Waals surface area contributed by atoms with E-state index in [1.54, 1.807) is 24.9 Å². The van der Waals surface area contributed by atoms with Gasteiger partial charge in [-0.2, -0.15) is 14.7 Å². The normalized spacial score (nSPS) is 14.5. The van der Waals surface area contributed by atoms with E-state index in [2.05, 4.69) is 5.10 Å². The zero-order valence-electron chi connectivity index (χ0n) is 18.9. The molecular formula is C23H21Cl2N5O4S. The van der Waals surface area contributed by atoms with Crippen LogP contribution in [0.4, 0.5) is 0 Å². The van der Waals surface area contributed by atoms with Gasteiger partial charge in [0.1, 0.15) is 22.1 Å². The van der Waals surface area contributed by atoms with Gasteiger partial charge < -0.3 is 9.64 Å². The summed E-state index contributed by atoms with van der Waals surface area (Å²) in [6.07, 6.45) is 0. The number of benzene rings is 2. The average Bonchev–Trinajstić information content (AvgIpc) is 3.16. The minimum absolute atomic E-state index is 0.0335. The van der Waals surface area contributed by atoms with Gasteiger partial charge in [-0.25, -0.2) is 8.42 Å². The molecule has 4 rings (SSSR count). The van der Waals surface area contributed by atoms with Crippen LogP contribution in [0.2, 0.25) is 10.0 Å². The summed E-state index contributed by atoms with van der Waals surface area (Å²) < 4.78 is 35.8. The molecule has 1 aromatic heterocycles. The van der Waals surface area contributed by atoms with Crippen molar-refractivity contribution < 1.29 is 17.9 Å². The number of carbonyl (C=O) groups is 1. The summed E-state index contributed by atoms with van der Waals surface area (Å²) in [4.78, 5) is 14.3.